The first kappa shape index (κ1) is 15.0. The fraction of sp³-hybridized carbons (Fsp3) is 0.400. The van der Waals surface area contributed by atoms with Crippen molar-refractivity contribution in [3.63, 3.8) is 0 Å². The van der Waals surface area contributed by atoms with Crippen LogP contribution in [0.4, 0.5) is 0 Å². The van der Waals surface area contributed by atoms with Gasteiger partial charge in [-0.2, -0.15) is 0 Å². The second-order valence-electron chi connectivity index (χ2n) is 5.03. The molecule has 21 heavy (non-hydrogen) atoms. The number of carbonyl (C=O) groups is 2. The van der Waals surface area contributed by atoms with Gasteiger partial charge in [0.25, 0.3) is 0 Å². The van der Waals surface area contributed by atoms with E-state index in [0.29, 0.717) is 6.54 Å². The van der Waals surface area contributed by atoms with E-state index in [4.69, 9.17) is 5.11 Å². The Morgan fingerprint density at radius 1 is 1.38 bits per heavy atom. The first-order valence-electron chi connectivity index (χ1n) is 6.91. The van der Waals surface area contributed by atoms with Gasteiger partial charge in [-0.25, -0.2) is 4.98 Å². The zero-order valence-electron chi connectivity index (χ0n) is 12.2. The molecule has 2 rings (SSSR count). The van der Waals surface area contributed by atoms with E-state index in [1.54, 1.807) is 0 Å². The minimum Gasteiger partial charge on any atom is -0.481 e. The monoisotopic (exact) mass is 289 g/mol. The number of aliphatic carboxylic acids is 1. The predicted octanol–water partition coefficient (Wildman–Crippen LogP) is 1.34. The quantitative estimate of drug-likeness (QED) is 0.621. The molecule has 1 amide bonds. The topological polar surface area (TPSA) is 84.2 Å². The van der Waals surface area contributed by atoms with E-state index in [-0.39, 0.29) is 0 Å². The molecule has 0 bridgehead atoms. The van der Waals surface area contributed by atoms with Gasteiger partial charge in [0.05, 0.1) is 11.0 Å². The summed E-state index contributed by atoms with van der Waals surface area (Å²) in [6.07, 6.45) is 1.45. The van der Waals surface area contributed by atoms with Gasteiger partial charge in [-0.15, -0.1) is 0 Å². The maximum absolute atomic E-state index is 11.5. The van der Waals surface area contributed by atoms with E-state index < -0.39 is 17.8 Å². The lowest BCUT2D eigenvalue weighted by Gasteiger charge is -2.08. The zero-order valence-corrected chi connectivity index (χ0v) is 12.2. The van der Waals surface area contributed by atoms with Gasteiger partial charge in [-0.05, 0) is 25.5 Å². The minimum atomic E-state index is -1.11. The molecule has 0 saturated heterocycles. The largest absolute Gasteiger partial charge is 0.481 e. The molecule has 0 radical (unpaired) electrons. The maximum Gasteiger partial charge on any atom is 0.315 e. The molecule has 2 aromatic rings. The Hall–Kier alpha value is -2.37. The molecule has 1 heterocycles. The van der Waals surface area contributed by atoms with Crippen molar-refractivity contribution < 1.29 is 14.7 Å². The van der Waals surface area contributed by atoms with Crippen LogP contribution in [0.2, 0.25) is 0 Å². The summed E-state index contributed by atoms with van der Waals surface area (Å²) in [5, 5.41) is 11.4. The number of hydrogen-bond acceptors (Lipinski definition) is 3. The number of carboxylic acids is 1. The first-order chi connectivity index (χ1) is 10.0. The van der Waals surface area contributed by atoms with Crippen LogP contribution in [0.3, 0.4) is 0 Å². The zero-order chi connectivity index (χ0) is 15.4. The summed E-state index contributed by atoms with van der Waals surface area (Å²) in [6.45, 7) is 1.82. The van der Waals surface area contributed by atoms with Crippen LogP contribution in [-0.2, 0) is 23.1 Å². The Kier molecular flexibility index (Phi) is 4.57. The van der Waals surface area contributed by atoms with Gasteiger partial charge < -0.3 is 15.0 Å². The molecule has 2 N–H and O–H groups in total. The van der Waals surface area contributed by atoms with Crippen LogP contribution in [-0.4, -0.2) is 33.1 Å². The van der Waals surface area contributed by atoms with Crippen LogP contribution in [0.25, 0.3) is 11.0 Å². The number of para-hydroxylation sites is 2. The second kappa shape index (κ2) is 6.39. The summed E-state index contributed by atoms with van der Waals surface area (Å²) < 4.78 is 2.04. The van der Waals surface area contributed by atoms with Gasteiger partial charge in [0.15, 0.2) is 0 Å². The van der Waals surface area contributed by atoms with Crippen molar-refractivity contribution in [1.29, 1.82) is 0 Å². The smallest absolute Gasteiger partial charge is 0.315 e. The summed E-state index contributed by atoms with van der Waals surface area (Å²) >= 11 is 0. The van der Waals surface area contributed by atoms with Crippen LogP contribution in [0.15, 0.2) is 24.3 Å². The van der Waals surface area contributed by atoms with Crippen LogP contribution < -0.4 is 5.32 Å². The molecular weight excluding hydrogens is 270 g/mol. The molecule has 0 fully saturated rings. The van der Waals surface area contributed by atoms with Gasteiger partial charge in [0.2, 0.25) is 5.91 Å². The Bertz CT molecular complexity index is 663. The highest BCUT2D eigenvalue weighted by Crippen LogP contribution is 2.14. The van der Waals surface area contributed by atoms with Gasteiger partial charge in [-0.3, -0.25) is 9.59 Å². The molecule has 0 aliphatic heterocycles. The average Bonchev–Trinajstić information content (AvgIpc) is 2.79. The van der Waals surface area contributed by atoms with Gasteiger partial charge in [0.1, 0.15) is 11.7 Å². The summed E-state index contributed by atoms with van der Waals surface area (Å²) in [5.41, 5.74) is 2.04. The van der Waals surface area contributed by atoms with E-state index in [2.05, 4.69) is 10.3 Å². The lowest BCUT2D eigenvalue weighted by atomic mass is 10.1. The number of carboxylic acid groups (broad SMARTS) is 1. The third-order valence-electron chi connectivity index (χ3n) is 3.52. The molecule has 112 valence electrons. The molecule has 0 aliphatic carbocycles. The highest BCUT2D eigenvalue weighted by Gasteiger charge is 2.19. The number of carbonyl (C=O) groups excluding carboxylic acids is 1. The fourth-order valence-corrected chi connectivity index (χ4v) is 2.14. The van der Waals surface area contributed by atoms with Crippen molar-refractivity contribution in [2.45, 2.75) is 19.8 Å². The van der Waals surface area contributed by atoms with Crippen LogP contribution in [0.1, 0.15) is 19.2 Å². The molecule has 0 saturated carbocycles. The van der Waals surface area contributed by atoms with Crippen molar-refractivity contribution >= 4 is 22.9 Å². The SMILES string of the molecule is CC(C(=O)O)C(=O)NCCCc1nc2ccccc2n1C. The normalized spacial score (nSPS) is 12.3. The molecule has 1 atom stereocenters. The number of aryl methyl sites for hydroxylation is 2. The summed E-state index contributed by atoms with van der Waals surface area (Å²) in [5.74, 6) is -1.62. The maximum atomic E-state index is 11.5. The number of fused-ring (bicyclic) bond motifs is 1. The van der Waals surface area contributed by atoms with Crippen molar-refractivity contribution in [3.8, 4) is 0 Å². The molecule has 6 nitrogen and oxygen atoms in total. The Morgan fingerprint density at radius 2 is 2.10 bits per heavy atom. The molecule has 0 spiro atoms. The number of amides is 1. The number of nitrogens with zero attached hydrogens (tertiary/aromatic N) is 2. The van der Waals surface area contributed by atoms with E-state index >= 15 is 0 Å². The Balaban J connectivity index is 1.87. The van der Waals surface area contributed by atoms with E-state index in [1.165, 1.54) is 6.92 Å². The lowest BCUT2D eigenvalue weighted by Crippen LogP contribution is -2.34. The van der Waals surface area contributed by atoms with Crippen LogP contribution >= 0.6 is 0 Å². The highest BCUT2D eigenvalue weighted by atomic mass is 16.4. The third kappa shape index (κ3) is 3.39. The highest BCUT2D eigenvalue weighted by molar-refractivity contribution is 5.96. The van der Waals surface area contributed by atoms with Crippen molar-refractivity contribution in [2.24, 2.45) is 13.0 Å². The number of benzene rings is 1. The van der Waals surface area contributed by atoms with Gasteiger partial charge >= 0.3 is 5.97 Å². The second-order valence-corrected chi connectivity index (χ2v) is 5.03. The Labute approximate surface area is 122 Å². The summed E-state index contributed by atoms with van der Waals surface area (Å²) in [6, 6.07) is 7.91. The number of aromatic nitrogens is 2. The van der Waals surface area contributed by atoms with E-state index in [9.17, 15) is 9.59 Å². The van der Waals surface area contributed by atoms with E-state index in [0.717, 1.165) is 29.7 Å². The molecule has 1 aromatic heterocycles. The molecule has 1 unspecified atom stereocenters. The van der Waals surface area contributed by atoms with Crippen LogP contribution in [0.5, 0.6) is 0 Å². The van der Waals surface area contributed by atoms with E-state index in [1.807, 2.05) is 35.9 Å². The fourth-order valence-electron chi connectivity index (χ4n) is 2.14. The molecule has 6 heteroatoms. The number of nitrogens with one attached hydrogen (secondary N) is 1. The predicted molar refractivity (Wildman–Crippen MR) is 78.8 cm³/mol. The van der Waals surface area contributed by atoms with Gasteiger partial charge in [0, 0.05) is 20.0 Å². The first-order valence-corrected chi connectivity index (χ1v) is 6.91. The van der Waals surface area contributed by atoms with Crippen molar-refractivity contribution in [1.82, 2.24) is 14.9 Å². The average molecular weight is 289 g/mol. The van der Waals surface area contributed by atoms with Gasteiger partial charge in [-0.1, -0.05) is 12.1 Å². The third-order valence-corrected chi connectivity index (χ3v) is 3.52. The summed E-state index contributed by atoms with van der Waals surface area (Å²) in [4.78, 5) is 26.7. The number of rotatable bonds is 6. The molecule has 1 aromatic carbocycles. The summed E-state index contributed by atoms with van der Waals surface area (Å²) in [7, 11) is 1.97. The molecular formula is C15H19N3O3. The number of imidazole rings is 1. The lowest BCUT2D eigenvalue weighted by molar-refractivity contribution is -0.146. The van der Waals surface area contributed by atoms with Crippen molar-refractivity contribution in [3.05, 3.63) is 30.1 Å². The number of hydrogen-bond donors (Lipinski definition) is 2. The standard InChI is InChI=1S/C15H19N3O3/c1-10(15(20)21)14(19)16-9-5-8-13-17-11-6-3-4-7-12(11)18(13)2/h3-4,6-7,10H,5,8-9H2,1-2H3,(H,16,19)(H,20,21). The Morgan fingerprint density at radius 3 is 2.76 bits per heavy atom. The van der Waals surface area contributed by atoms with Crippen LogP contribution in [0, 0.1) is 5.92 Å². The van der Waals surface area contributed by atoms with Crippen molar-refractivity contribution in [2.75, 3.05) is 6.54 Å². The molecule has 0 aliphatic rings. The minimum absolute atomic E-state index is 0.444.